The van der Waals surface area contributed by atoms with Crippen LogP contribution in [0.5, 0.6) is 11.5 Å². The molecule has 1 N–H and O–H groups in total. The molecule has 1 amide bonds. The third kappa shape index (κ3) is 5.65. The number of likely N-dealkylation sites (tertiary alicyclic amines) is 1. The van der Waals surface area contributed by atoms with Gasteiger partial charge in [0, 0.05) is 12.1 Å². The van der Waals surface area contributed by atoms with Gasteiger partial charge < -0.3 is 19.5 Å². The first-order chi connectivity index (χ1) is 17.5. The molecule has 1 fully saturated rings. The highest BCUT2D eigenvalue weighted by Crippen LogP contribution is 2.41. The fraction of sp³-hybridized carbons (Fsp3) is 0.267. The summed E-state index contributed by atoms with van der Waals surface area (Å²) in [4.78, 5) is 28.1. The van der Waals surface area contributed by atoms with E-state index in [0.29, 0.717) is 17.1 Å². The molecule has 6 nitrogen and oxygen atoms in total. The smallest absolute Gasteiger partial charge is 0.295 e. The van der Waals surface area contributed by atoms with Crippen molar-refractivity contribution in [3.05, 3.63) is 99.6 Å². The average molecular weight is 520 g/mol. The van der Waals surface area contributed by atoms with Gasteiger partial charge in [-0.25, -0.2) is 0 Å². The SMILES string of the molecule is COc1ccc(/C(O)=C2/C(=O)C(=O)N(Cc3ccc(OC(C)(C)C)cc3)C2c2cccc(C)c2)cc1Cl. The number of ketones is 1. The van der Waals surface area contributed by atoms with E-state index in [2.05, 4.69) is 0 Å². The molecular formula is C30H30ClNO5. The third-order valence-corrected chi connectivity index (χ3v) is 6.32. The second-order valence-electron chi connectivity index (χ2n) is 10.0. The lowest BCUT2D eigenvalue weighted by molar-refractivity contribution is -0.140. The predicted octanol–water partition coefficient (Wildman–Crippen LogP) is 6.46. The van der Waals surface area contributed by atoms with Crippen molar-refractivity contribution in [3.8, 4) is 11.5 Å². The Hall–Kier alpha value is -3.77. The molecule has 1 saturated heterocycles. The number of ether oxygens (including phenoxy) is 2. The van der Waals surface area contributed by atoms with Crippen LogP contribution in [0.25, 0.3) is 5.76 Å². The minimum atomic E-state index is -0.772. The number of rotatable bonds is 6. The summed E-state index contributed by atoms with van der Waals surface area (Å²) in [5.41, 5.74) is 2.53. The van der Waals surface area contributed by atoms with Crippen LogP contribution in [0, 0.1) is 6.92 Å². The molecule has 0 radical (unpaired) electrons. The van der Waals surface area contributed by atoms with Gasteiger partial charge >= 0.3 is 0 Å². The van der Waals surface area contributed by atoms with Gasteiger partial charge in [-0.2, -0.15) is 0 Å². The van der Waals surface area contributed by atoms with Crippen molar-refractivity contribution >= 4 is 29.1 Å². The van der Waals surface area contributed by atoms with Crippen LogP contribution in [0.15, 0.2) is 72.3 Å². The molecule has 1 aliphatic heterocycles. The minimum Gasteiger partial charge on any atom is -0.507 e. The fourth-order valence-electron chi connectivity index (χ4n) is 4.41. The largest absolute Gasteiger partial charge is 0.507 e. The number of methoxy groups -OCH3 is 1. The Morgan fingerprint density at radius 3 is 2.32 bits per heavy atom. The summed E-state index contributed by atoms with van der Waals surface area (Å²) < 4.78 is 11.1. The number of hydrogen-bond acceptors (Lipinski definition) is 5. The van der Waals surface area contributed by atoms with Gasteiger partial charge in [0.15, 0.2) is 0 Å². The Bertz CT molecular complexity index is 1370. The monoisotopic (exact) mass is 519 g/mol. The maximum atomic E-state index is 13.3. The van der Waals surface area contributed by atoms with Crippen LogP contribution in [0.4, 0.5) is 0 Å². The van der Waals surface area contributed by atoms with Crippen molar-refractivity contribution in [2.24, 2.45) is 0 Å². The first-order valence-corrected chi connectivity index (χ1v) is 12.3. The molecule has 1 heterocycles. The van der Waals surface area contributed by atoms with Gasteiger partial charge in [-0.05, 0) is 69.2 Å². The second kappa shape index (κ2) is 10.3. The summed E-state index contributed by atoms with van der Waals surface area (Å²) in [7, 11) is 1.49. The molecule has 4 rings (SSSR count). The van der Waals surface area contributed by atoms with Crippen molar-refractivity contribution in [2.75, 3.05) is 7.11 Å². The van der Waals surface area contributed by atoms with Crippen molar-refractivity contribution in [2.45, 2.75) is 45.9 Å². The summed E-state index contributed by atoms with van der Waals surface area (Å²) in [6, 6.07) is 19.0. The Kier molecular flexibility index (Phi) is 7.32. The number of aryl methyl sites for hydroxylation is 1. The number of benzene rings is 3. The lowest BCUT2D eigenvalue weighted by Crippen LogP contribution is -2.29. The van der Waals surface area contributed by atoms with E-state index in [9.17, 15) is 14.7 Å². The molecule has 37 heavy (non-hydrogen) atoms. The molecule has 0 spiro atoms. The van der Waals surface area contributed by atoms with Crippen molar-refractivity contribution in [1.82, 2.24) is 4.90 Å². The van der Waals surface area contributed by atoms with Crippen LogP contribution in [0.1, 0.15) is 49.1 Å². The van der Waals surface area contributed by atoms with Gasteiger partial charge in [0.1, 0.15) is 22.9 Å². The van der Waals surface area contributed by atoms with E-state index in [1.807, 2.05) is 76.2 Å². The maximum Gasteiger partial charge on any atom is 0.295 e. The summed E-state index contributed by atoms with van der Waals surface area (Å²) in [6.07, 6.45) is 0. The Labute approximate surface area is 222 Å². The van der Waals surface area contributed by atoms with Crippen LogP contribution >= 0.6 is 11.6 Å². The topological polar surface area (TPSA) is 76.1 Å². The minimum absolute atomic E-state index is 0.0181. The van der Waals surface area contributed by atoms with Crippen LogP contribution in [-0.2, 0) is 16.1 Å². The van der Waals surface area contributed by atoms with Crippen LogP contribution in [0.2, 0.25) is 5.02 Å². The molecule has 1 atom stereocenters. The normalized spacial score (nSPS) is 17.2. The molecular weight excluding hydrogens is 490 g/mol. The number of halogens is 1. The first-order valence-electron chi connectivity index (χ1n) is 12.0. The van der Waals surface area contributed by atoms with Crippen LogP contribution < -0.4 is 9.47 Å². The Morgan fingerprint density at radius 2 is 1.73 bits per heavy atom. The van der Waals surface area contributed by atoms with Gasteiger partial charge in [-0.3, -0.25) is 9.59 Å². The van der Waals surface area contributed by atoms with Crippen molar-refractivity contribution in [3.63, 3.8) is 0 Å². The number of Topliss-reactive ketones (excluding diaryl/α,β-unsaturated/α-hetero) is 1. The standard InChI is InChI=1S/C30H30ClNO5/c1-18-7-6-8-20(15-18)26-25(27(33)21-11-14-24(36-5)23(31)16-21)28(34)29(35)32(26)17-19-9-12-22(13-10-19)37-30(2,3)4/h6-16,26,33H,17H2,1-5H3/b27-25-. The molecule has 1 aliphatic rings. The maximum absolute atomic E-state index is 13.3. The molecule has 0 bridgehead atoms. The number of aliphatic hydroxyl groups excluding tert-OH is 1. The zero-order valence-corrected chi connectivity index (χ0v) is 22.3. The summed E-state index contributed by atoms with van der Waals surface area (Å²) in [5.74, 6) is -0.560. The van der Waals surface area contributed by atoms with Crippen LogP contribution in [-0.4, -0.2) is 34.4 Å². The second-order valence-corrected chi connectivity index (χ2v) is 10.5. The Balaban J connectivity index is 1.77. The highest BCUT2D eigenvalue weighted by Gasteiger charge is 2.46. The van der Waals surface area contributed by atoms with Gasteiger partial charge in [0.25, 0.3) is 11.7 Å². The van der Waals surface area contributed by atoms with E-state index in [0.717, 1.165) is 16.7 Å². The lowest BCUT2D eigenvalue weighted by Gasteiger charge is -2.26. The summed E-state index contributed by atoms with van der Waals surface area (Å²) in [6.45, 7) is 8.03. The van der Waals surface area contributed by atoms with E-state index in [1.165, 1.54) is 18.1 Å². The van der Waals surface area contributed by atoms with Crippen LogP contribution in [0.3, 0.4) is 0 Å². The average Bonchev–Trinajstić information content (AvgIpc) is 3.08. The predicted molar refractivity (Wildman–Crippen MR) is 144 cm³/mol. The van der Waals surface area contributed by atoms with Crippen molar-refractivity contribution in [1.29, 1.82) is 0 Å². The molecule has 0 aliphatic carbocycles. The highest BCUT2D eigenvalue weighted by molar-refractivity contribution is 6.46. The summed E-state index contributed by atoms with van der Waals surface area (Å²) in [5, 5.41) is 11.6. The Morgan fingerprint density at radius 1 is 1.03 bits per heavy atom. The zero-order valence-electron chi connectivity index (χ0n) is 21.5. The van der Waals surface area contributed by atoms with Crippen molar-refractivity contribution < 1.29 is 24.2 Å². The quantitative estimate of drug-likeness (QED) is 0.230. The van der Waals surface area contributed by atoms with Gasteiger partial charge in [0.2, 0.25) is 0 Å². The van der Waals surface area contributed by atoms with E-state index in [-0.39, 0.29) is 28.5 Å². The fourth-order valence-corrected chi connectivity index (χ4v) is 4.67. The first kappa shape index (κ1) is 26.3. The summed E-state index contributed by atoms with van der Waals surface area (Å²) >= 11 is 6.28. The lowest BCUT2D eigenvalue weighted by atomic mass is 9.94. The van der Waals surface area contributed by atoms with E-state index in [1.54, 1.807) is 12.1 Å². The molecule has 1 unspecified atom stereocenters. The number of aliphatic hydroxyl groups is 1. The van der Waals surface area contributed by atoms with E-state index < -0.39 is 17.7 Å². The number of carbonyl (C=O) groups is 2. The highest BCUT2D eigenvalue weighted by atomic mass is 35.5. The number of nitrogens with zero attached hydrogens (tertiary/aromatic N) is 1. The number of amides is 1. The molecule has 3 aromatic carbocycles. The van der Waals surface area contributed by atoms with Gasteiger partial charge in [-0.1, -0.05) is 53.6 Å². The van der Waals surface area contributed by atoms with Gasteiger partial charge in [-0.15, -0.1) is 0 Å². The van der Waals surface area contributed by atoms with E-state index in [4.69, 9.17) is 21.1 Å². The van der Waals surface area contributed by atoms with Gasteiger partial charge in [0.05, 0.1) is 23.7 Å². The molecule has 3 aromatic rings. The number of carbonyl (C=O) groups excluding carboxylic acids is 2. The number of hydrogen-bond donors (Lipinski definition) is 1. The van der Waals surface area contributed by atoms with E-state index >= 15 is 0 Å². The molecule has 192 valence electrons. The zero-order chi connectivity index (χ0) is 26.9. The molecule has 7 heteroatoms. The molecule has 0 aromatic heterocycles. The molecule has 0 saturated carbocycles. The third-order valence-electron chi connectivity index (χ3n) is 6.02.